The smallest absolute Gasteiger partial charge is 0.309 e. The Kier molecular flexibility index (Phi) is 3.56. The average Bonchev–Trinajstić information content (AvgIpc) is 2.18. The van der Waals surface area contributed by atoms with Crippen molar-refractivity contribution in [3.05, 3.63) is 0 Å². The van der Waals surface area contributed by atoms with Gasteiger partial charge in [-0.3, -0.25) is 4.79 Å². The maximum Gasteiger partial charge on any atom is 0.309 e. The van der Waals surface area contributed by atoms with E-state index in [1.54, 1.807) is 4.90 Å². The van der Waals surface area contributed by atoms with Crippen LogP contribution in [0.3, 0.4) is 0 Å². The molecule has 1 saturated heterocycles. The summed E-state index contributed by atoms with van der Waals surface area (Å²) in [5.74, 6) is -0.107. The molecule has 0 saturated carbocycles. The summed E-state index contributed by atoms with van der Waals surface area (Å²) in [5.41, 5.74) is 0. The third kappa shape index (κ3) is 2.62. The SMILES string of the molecule is CCOC(=O)C1CCN(C#N)CC1. The van der Waals surface area contributed by atoms with Crippen molar-refractivity contribution in [3.63, 3.8) is 0 Å². The standard InChI is InChI=1S/C9H14N2O2/c1-2-13-9(12)8-3-5-11(7-10)6-4-8/h8H,2-6H2,1H3. The van der Waals surface area contributed by atoms with E-state index >= 15 is 0 Å². The molecular formula is C9H14N2O2. The zero-order valence-electron chi connectivity index (χ0n) is 7.82. The molecule has 0 aromatic carbocycles. The maximum atomic E-state index is 11.3. The van der Waals surface area contributed by atoms with Crippen molar-refractivity contribution < 1.29 is 9.53 Å². The van der Waals surface area contributed by atoms with Gasteiger partial charge in [-0.05, 0) is 19.8 Å². The Morgan fingerprint density at radius 2 is 2.23 bits per heavy atom. The minimum atomic E-state index is -0.111. The van der Waals surface area contributed by atoms with Crippen molar-refractivity contribution in [1.29, 1.82) is 5.26 Å². The lowest BCUT2D eigenvalue weighted by molar-refractivity contribution is -0.149. The van der Waals surface area contributed by atoms with Gasteiger partial charge in [0.2, 0.25) is 0 Å². The first-order chi connectivity index (χ1) is 6.27. The predicted octanol–water partition coefficient (Wildman–Crippen LogP) is 0.743. The van der Waals surface area contributed by atoms with Gasteiger partial charge in [-0.2, -0.15) is 5.26 Å². The molecule has 0 aliphatic carbocycles. The number of likely N-dealkylation sites (tertiary alicyclic amines) is 1. The van der Waals surface area contributed by atoms with Crippen molar-refractivity contribution in [2.75, 3.05) is 19.7 Å². The first-order valence-electron chi connectivity index (χ1n) is 4.59. The summed E-state index contributed by atoms with van der Waals surface area (Å²) in [6, 6.07) is 0. The Bertz CT molecular complexity index is 214. The van der Waals surface area contributed by atoms with E-state index in [9.17, 15) is 4.79 Å². The summed E-state index contributed by atoms with van der Waals surface area (Å²) in [7, 11) is 0. The molecule has 0 atom stereocenters. The molecule has 1 aliphatic heterocycles. The van der Waals surface area contributed by atoms with Crippen molar-refractivity contribution >= 4 is 5.97 Å². The number of piperidine rings is 1. The van der Waals surface area contributed by atoms with Crippen LogP contribution in [-0.2, 0) is 9.53 Å². The second-order valence-corrected chi connectivity index (χ2v) is 3.11. The molecule has 4 heteroatoms. The molecule has 0 amide bonds. The molecule has 13 heavy (non-hydrogen) atoms. The summed E-state index contributed by atoms with van der Waals surface area (Å²) >= 11 is 0. The van der Waals surface area contributed by atoms with Crippen LogP contribution in [0.5, 0.6) is 0 Å². The van der Waals surface area contributed by atoms with Crippen LogP contribution in [0.2, 0.25) is 0 Å². The van der Waals surface area contributed by atoms with E-state index < -0.39 is 0 Å². The van der Waals surface area contributed by atoms with Crippen LogP contribution in [-0.4, -0.2) is 30.6 Å². The molecule has 4 nitrogen and oxygen atoms in total. The number of hydrogen-bond acceptors (Lipinski definition) is 4. The number of rotatable bonds is 2. The van der Waals surface area contributed by atoms with Crippen molar-refractivity contribution in [1.82, 2.24) is 4.90 Å². The lowest BCUT2D eigenvalue weighted by Crippen LogP contribution is -2.34. The first kappa shape index (κ1) is 9.85. The van der Waals surface area contributed by atoms with E-state index in [0.29, 0.717) is 19.7 Å². The molecule has 0 aromatic rings. The van der Waals surface area contributed by atoms with Crippen molar-refractivity contribution in [2.45, 2.75) is 19.8 Å². The minimum Gasteiger partial charge on any atom is -0.466 e. The summed E-state index contributed by atoms with van der Waals surface area (Å²) in [6.07, 6.45) is 3.56. The molecule has 0 unspecified atom stereocenters. The molecule has 1 heterocycles. The van der Waals surface area contributed by atoms with Gasteiger partial charge in [0.25, 0.3) is 0 Å². The zero-order valence-corrected chi connectivity index (χ0v) is 7.82. The van der Waals surface area contributed by atoms with Gasteiger partial charge in [-0.1, -0.05) is 0 Å². The van der Waals surface area contributed by atoms with E-state index in [4.69, 9.17) is 10.00 Å². The molecule has 0 N–H and O–H groups in total. The number of nitriles is 1. The van der Waals surface area contributed by atoms with E-state index in [2.05, 4.69) is 6.19 Å². The number of carbonyl (C=O) groups excluding carboxylic acids is 1. The van der Waals surface area contributed by atoms with Gasteiger partial charge in [0, 0.05) is 13.1 Å². The summed E-state index contributed by atoms with van der Waals surface area (Å²) < 4.78 is 4.91. The van der Waals surface area contributed by atoms with Crippen LogP contribution in [0.15, 0.2) is 0 Å². The van der Waals surface area contributed by atoms with Crippen LogP contribution in [0, 0.1) is 17.4 Å². The van der Waals surface area contributed by atoms with Crippen LogP contribution < -0.4 is 0 Å². The van der Waals surface area contributed by atoms with E-state index in [1.807, 2.05) is 6.92 Å². The lowest BCUT2D eigenvalue weighted by Gasteiger charge is -2.26. The molecule has 0 radical (unpaired) electrons. The second-order valence-electron chi connectivity index (χ2n) is 3.11. The third-order valence-corrected chi connectivity index (χ3v) is 2.26. The summed E-state index contributed by atoms with van der Waals surface area (Å²) in [4.78, 5) is 12.9. The van der Waals surface area contributed by atoms with Gasteiger partial charge in [-0.25, -0.2) is 0 Å². The highest BCUT2D eigenvalue weighted by Gasteiger charge is 2.25. The molecule has 1 fully saturated rings. The molecule has 0 aromatic heterocycles. The fourth-order valence-electron chi connectivity index (χ4n) is 1.48. The number of ether oxygens (including phenoxy) is 1. The average molecular weight is 182 g/mol. The second kappa shape index (κ2) is 4.70. The molecule has 72 valence electrons. The topological polar surface area (TPSA) is 53.3 Å². The van der Waals surface area contributed by atoms with Gasteiger partial charge < -0.3 is 9.64 Å². The molecule has 0 bridgehead atoms. The van der Waals surface area contributed by atoms with Crippen LogP contribution >= 0.6 is 0 Å². The largest absolute Gasteiger partial charge is 0.466 e. The van der Waals surface area contributed by atoms with Gasteiger partial charge in [0.15, 0.2) is 6.19 Å². The molecule has 1 rings (SSSR count). The fourth-order valence-corrected chi connectivity index (χ4v) is 1.48. The Balaban J connectivity index is 2.33. The maximum absolute atomic E-state index is 11.3. The predicted molar refractivity (Wildman–Crippen MR) is 46.5 cm³/mol. The van der Waals surface area contributed by atoms with Crippen LogP contribution in [0.4, 0.5) is 0 Å². The van der Waals surface area contributed by atoms with Crippen molar-refractivity contribution in [2.24, 2.45) is 5.92 Å². The van der Waals surface area contributed by atoms with Crippen LogP contribution in [0.25, 0.3) is 0 Å². The van der Waals surface area contributed by atoms with Crippen molar-refractivity contribution in [3.8, 4) is 6.19 Å². The molecule has 0 spiro atoms. The highest BCUT2D eigenvalue weighted by Crippen LogP contribution is 2.17. The number of hydrogen-bond donors (Lipinski definition) is 0. The number of carbonyl (C=O) groups is 1. The normalized spacial score (nSPS) is 18.0. The summed E-state index contributed by atoms with van der Waals surface area (Å²) in [6.45, 7) is 3.61. The van der Waals surface area contributed by atoms with E-state index in [1.165, 1.54) is 0 Å². The fraction of sp³-hybridized carbons (Fsp3) is 0.778. The Hall–Kier alpha value is -1.24. The van der Waals surface area contributed by atoms with Gasteiger partial charge in [0.05, 0.1) is 12.5 Å². The quantitative estimate of drug-likeness (QED) is 0.467. The third-order valence-electron chi connectivity index (χ3n) is 2.26. The first-order valence-corrected chi connectivity index (χ1v) is 4.59. The number of esters is 1. The highest BCUT2D eigenvalue weighted by atomic mass is 16.5. The molecular weight excluding hydrogens is 168 g/mol. The Morgan fingerprint density at radius 1 is 1.62 bits per heavy atom. The molecule has 1 aliphatic rings. The van der Waals surface area contributed by atoms with E-state index in [0.717, 1.165) is 12.8 Å². The lowest BCUT2D eigenvalue weighted by atomic mass is 9.97. The van der Waals surface area contributed by atoms with Crippen LogP contribution in [0.1, 0.15) is 19.8 Å². The summed E-state index contributed by atoms with van der Waals surface area (Å²) in [5, 5.41) is 8.58. The Labute approximate surface area is 78.1 Å². The van der Waals surface area contributed by atoms with E-state index in [-0.39, 0.29) is 11.9 Å². The minimum absolute atomic E-state index is 0.00421. The zero-order chi connectivity index (χ0) is 9.68. The monoisotopic (exact) mass is 182 g/mol. The van der Waals surface area contributed by atoms with Gasteiger partial charge in [-0.15, -0.1) is 0 Å². The highest BCUT2D eigenvalue weighted by molar-refractivity contribution is 5.72. The van der Waals surface area contributed by atoms with Gasteiger partial charge in [0.1, 0.15) is 0 Å². The Morgan fingerprint density at radius 3 is 2.69 bits per heavy atom. The number of nitrogens with zero attached hydrogens (tertiary/aromatic N) is 2. The van der Waals surface area contributed by atoms with Gasteiger partial charge >= 0.3 is 5.97 Å².